The number of rotatable bonds is 5. The lowest BCUT2D eigenvalue weighted by Gasteiger charge is -2.15. The van der Waals surface area contributed by atoms with E-state index < -0.39 is 6.10 Å². The molecular formula is C19H21N3O2. The number of nitrogens with zero attached hydrogens (tertiary/aromatic N) is 2. The maximum absolute atomic E-state index is 12.2. The molecule has 0 saturated carbocycles. The van der Waals surface area contributed by atoms with Crippen LogP contribution in [-0.4, -0.2) is 29.8 Å². The van der Waals surface area contributed by atoms with Gasteiger partial charge in [0.1, 0.15) is 0 Å². The first-order valence-corrected chi connectivity index (χ1v) is 8.06. The van der Waals surface area contributed by atoms with E-state index in [4.69, 9.17) is 0 Å². The van der Waals surface area contributed by atoms with Gasteiger partial charge in [0.25, 0.3) is 5.91 Å². The number of hydrogen-bond acceptors (Lipinski definition) is 4. The van der Waals surface area contributed by atoms with E-state index >= 15 is 0 Å². The summed E-state index contributed by atoms with van der Waals surface area (Å²) in [4.78, 5) is 12.2. The van der Waals surface area contributed by atoms with Crippen molar-refractivity contribution in [2.75, 3.05) is 18.1 Å². The second kappa shape index (κ2) is 7.27. The minimum absolute atomic E-state index is 0.181. The summed E-state index contributed by atoms with van der Waals surface area (Å²) in [5, 5.41) is 19.2. The van der Waals surface area contributed by atoms with E-state index in [-0.39, 0.29) is 12.5 Å². The number of carbonyl (C=O) groups excluding carboxylic acids is 1. The maximum atomic E-state index is 12.2. The second-order valence-electron chi connectivity index (χ2n) is 5.89. The quantitative estimate of drug-likeness (QED) is 0.889. The van der Waals surface area contributed by atoms with E-state index in [2.05, 4.69) is 10.4 Å². The summed E-state index contributed by atoms with van der Waals surface area (Å²) in [5.74, 6) is -0.197. The molecule has 1 aliphatic rings. The molecular weight excluding hydrogens is 302 g/mol. The van der Waals surface area contributed by atoms with E-state index in [0.717, 1.165) is 29.9 Å². The smallest absolute Gasteiger partial charge is 0.251 e. The number of anilines is 1. The fraction of sp³-hybridized carbons (Fsp3) is 0.263. The van der Waals surface area contributed by atoms with Crippen molar-refractivity contribution < 1.29 is 9.90 Å². The van der Waals surface area contributed by atoms with Crippen molar-refractivity contribution in [2.24, 2.45) is 5.10 Å². The normalized spacial score (nSPS) is 15.1. The SMILES string of the molecule is CC1=NN(c2ccc(C(=O)NC[C@H](O)c3ccccc3)cc2)CC1. The Morgan fingerprint density at radius 3 is 2.54 bits per heavy atom. The molecule has 1 amide bonds. The van der Waals surface area contributed by atoms with Gasteiger partial charge in [-0.05, 0) is 36.8 Å². The van der Waals surface area contributed by atoms with Gasteiger partial charge in [-0.25, -0.2) is 0 Å². The fourth-order valence-electron chi connectivity index (χ4n) is 2.63. The summed E-state index contributed by atoms with van der Waals surface area (Å²) in [7, 11) is 0. The average molecular weight is 323 g/mol. The molecule has 5 heteroatoms. The molecule has 1 aliphatic heterocycles. The van der Waals surface area contributed by atoms with Crippen molar-refractivity contribution in [1.82, 2.24) is 5.32 Å². The predicted molar refractivity (Wildman–Crippen MR) is 95.2 cm³/mol. The Labute approximate surface area is 141 Å². The number of carbonyl (C=O) groups is 1. The highest BCUT2D eigenvalue weighted by Crippen LogP contribution is 2.20. The molecule has 1 atom stereocenters. The van der Waals surface area contributed by atoms with Gasteiger partial charge in [-0.3, -0.25) is 9.80 Å². The highest BCUT2D eigenvalue weighted by Gasteiger charge is 2.14. The van der Waals surface area contributed by atoms with Crippen LogP contribution in [-0.2, 0) is 0 Å². The highest BCUT2D eigenvalue weighted by molar-refractivity contribution is 5.94. The molecule has 2 N–H and O–H groups in total. The lowest BCUT2D eigenvalue weighted by molar-refractivity contribution is 0.0916. The van der Waals surface area contributed by atoms with Gasteiger partial charge < -0.3 is 10.4 Å². The summed E-state index contributed by atoms with van der Waals surface area (Å²) >= 11 is 0. The molecule has 1 heterocycles. The first kappa shape index (κ1) is 16.2. The van der Waals surface area contributed by atoms with Crippen LogP contribution in [0.25, 0.3) is 0 Å². The van der Waals surface area contributed by atoms with Crippen LogP contribution in [0, 0.1) is 0 Å². The van der Waals surface area contributed by atoms with Crippen LogP contribution in [0.3, 0.4) is 0 Å². The van der Waals surface area contributed by atoms with Gasteiger partial charge in [0, 0.05) is 30.8 Å². The van der Waals surface area contributed by atoms with Crippen molar-refractivity contribution in [3.05, 3.63) is 65.7 Å². The van der Waals surface area contributed by atoms with E-state index in [0.29, 0.717) is 5.56 Å². The van der Waals surface area contributed by atoms with Crippen LogP contribution in [0.15, 0.2) is 59.7 Å². The van der Waals surface area contributed by atoms with E-state index in [9.17, 15) is 9.90 Å². The lowest BCUT2D eigenvalue weighted by Crippen LogP contribution is -2.28. The van der Waals surface area contributed by atoms with Crippen LogP contribution in [0.2, 0.25) is 0 Å². The third-order valence-corrected chi connectivity index (χ3v) is 4.04. The fourth-order valence-corrected chi connectivity index (χ4v) is 2.63. The summed E-state index contributed by atoms with van der Waals surface area (Å²) < 4.78 is 0. The van der Waals surface area contributed by atoms with E-state index in [1.165, 1.54) is 0 Å². The predicted octanol–water partition coefficient (Wildman–Crippen LogP) is 2.74. The Kier molecular flexibility index (Phi) is 4.91. The minimum atomic E-state index is -0.712. The standard InChI is InChI=1S/C19H21N3O2/c1-14-11-12-22(21-14)17-9-7-16(8-10-17)19(24)20-13-18(23)15-5-3-2-4-6-15/h2-10,18,23H,11-13H2,1H3,(H,20,24)/t18-/m0/s1. The Bertz CT molecular complexity index is 726. The van der Waals surface area contributed by atoms with Crippen molar-refractivity contribution >= 4 is 17.3 Å². The molecule has 5 nitrogen and oxygen atoms in total. The third-order valence-electron chi connectivity index (χ3n) is 4.04. The Morgan fingerprint density at radius 2 is 1.92 bits per heavy atom. The van der Waals surface area contributed by atoms with Crippen LogP contribution in [0.5, 0.6) is 0 Å². The zero-order chi connectivity index (χ0) is 16.9. The van der Waals surface area contributed by atoms with Gasteiger partial charge in [-0.2, -0.15) is 5.10 Å². The summed E-state index contributed by atoms with van der Waals surface area (Å²) in [6.07, 6.45) is 0.260. The Balaban J connectivity index is 1.57. The molecule has 0 bridgehead atoms. The zero-order valence-corrected chi connectivity index (χ0v) is 13.6. The van der Waals surface area contributed by atoms with Crippen molar-refractivity contribution in [1.29, 1.82) is 0 Å². The molecule has 0 unspecified atom stereocenters. The first-order valence-electron chi connectivity index (χ1n) is 8.06. The average Bonchev–Trinajstić information content (AvgIpc) is 3.06. The lowest BCUT2D eigenvalue weighted by atomic mass is 10.1. The summed E-state index contributed by atoms with van der Waals surface area (Å²) in [6, 6.07) is 16.6. The Hall–Kier alpha value is -2.66. The van der Waals surface area contributed by atoms with Crippen molar-refractivity contribution in [3.63, 3.8) is 0 Å². The molecule has 0 aliphatic carbocycles. The van der Waals surface area contributed by atoms with Crippen LogP contribution in [0.1, 0.15) is 35.4 Å². The first-order chi connectivity index (χ1) is 11.6. The van der Waals surface area contributed by atoms with Crippen molar-refractivity contribution in [3.8, 4) is 0 Å². The van der Waals surface area contributed by atoms with Crippen LogP contribution < -0.4 is 10.3 Å². The van der Waals surface area contributed by atoms with Gasteiger partial charge in [0.05, 0.1) is 11.8 Å². The summed E-state index contributed by atoms with van der Waals surface area (Å²) in [5.41, 5.74) is 3.45. The molecule has 0 radical (unpaired) electrons. The minimum Gasteiger partial charge on any atom is -0.387 e. The Morgan fingerprint density at radius 1 is 1.21 bits per heavy atom. The topological polar surface area (TPSA) is 64.9 Å². The van der Waals surface area contributed by atoms with Crippen LogP contribution >= 0.6 is 0 Å². The monoisotopic (exact) mass is 323 g/mol. The van der Waals surface area contributed by atoms with Gasteiger partial charge in [-0.15, -0.1) is 0 Å². The number of aliphatic hydroxyl groups excluding tert-OH is 1. The molecule has 0 aromatic heterocycles. The van der Waals surface area contributed by atoms with Gasteiger partial charge >= 0.3 is 0 Å². The number of hydrazone groups is 1. The van der Waals surface area contributed by atoms with Crippen LogP contribution in [0.4, 0.5) is 5.69 Å². The van der Waals surface area contributed by atoms with Gasteiger partial charge in [0.2, 0.25) is 0 Å². The highest BCUT2D eigenvalue weighted by atomic mass is 16.3. The number of hydrogen-bond donors (Lipinski definition) is 2. The molecule has 0 fully saturated rings. The zero-order valence-electron chi connectivity index (χ0n) is 13.6. The summed E-state index contributed by atoms with van der Waals surface area (Å²) in [6.45, 7) is 3.07. The maximum Gasteiger partial charge on any atom is 0.251 e. The number of amides is 1. The number of benzene rings is 2. The molecule has 0 spiro atoms. The van der Waals surface area contributed by atoms with Gasteiger partial charge in [-0.1, -0.05) is 30.3 Å². The third kappa shape index (κ3) is 3.81. The van der Waals surface area contributed by atoms with Crippen molar-refractivity contribution in [2.45, 2.75) is 19.4 Å². The molecule has 24 heavy (non-hydrogen) atoms. The largest absolute Gasteiger partial charge is 0.387 e. The second-order valence-corrected chi connectivity index (χ2v) is 5.89. The van der Waals surface area contributed by atoms with E-state index in [1.807, 2.05) is 54.4 Å². The van der Waals surface area contributed by atoms with Gasteiger partial charge in [0.15, 0.2) is 0 Å². The number of nitrogens with one attached hydrogen (secondary N) is 1. The molecule has 124 valence electrons. The van der Waals surface area contributed by atoms with E-state index in [1.54, 1.807) is 12.1 Å². The molecule has 2 aromatic carbocycles. The number of aliphatic hydroxyl groups is 1. The molecule has 0 saturated heterocycles. The molecule has 3 rings (SSSR count). The molecule has 2 aromatic rings.